The van der Waals surface area contributed by atoms with Crippen LogP contribution >= 0.6 is 0 Å². The molecule has 3 N–H and O–H groups in total. The van der Waals surface area contributed by atoms with E-state index < -0.39 is 0 Å². The fraction of sp³-hybridized carbons (Fsp3) is 1.00. The van der Waals surface area contributed by atoms with Crippen LogP contribution in [0.1, 0.15) is 0 Å². The van der Waals surface area contributed by atoms with Crippen LogP contribution in [0, 0.1) is 0 Å². The molecular weight excluding hydrogens is 140 g/mol. The Hall–Kier alpha value is -0.160. The molecule has 0 aliphatic carbocycles. The van der Waals surface area contributed by atoms with E-state index in [1.54, 1.807) is 0 Å². The first kappa shape index (κ1) is 8.93. The molecule has 0 radical (unpaired) electrons. The van der Waals surface area contributed by atoms with Crippen molar-refractivity contribution in [1.29, 1.82) is 0 Å². The van der Waals surface area contributed by atoms with E-state index in [0.717, 1.165) is 39.3 Å². The summed E-state index contributed by atoms with van der Waals surface area (Å²) in [6.07, 6.45) is 0. The van der Waals surface area contributed by atoms with Crippen LogP contribution in [0.3, 0.4) is 0 Å². The van der Waals surface area contributed by atoms with Gasteiger partial charge in [-0.3, -0.25) is 5.43 Å². The molecule has 1 saturated heterocycles. The fourth-order valence-electron chi connectivity index (χ4n) is 1.19. The highest BCUT2D eigenvalue weighted by atomic mass is 15.5. The predicted octanol–water partition coefficient (Wildman–Crippen LogP) is -1.38. The lowest BCUT2D eigenvalue weighted by atomic mass is 10.5. The van der Waals surface area contributed by atoms with Crippen LogP contribution in [-0.2, 0) is 0 Å². The van der Waals surface area contributed by atoms with Gasteiger partial charge < -0.3 is 10.6 Å². The Morgan fingerprint density at radius 3 is 2.00 bits per heavy atom. The smallest absolute Gasteiger partial charge is 0.0256 e. The first-order chi connectivity index (χ1) is 5.43. The molecule has 4 nitrogen and oxygen atoms in total. The van der Waals surface area contributed by atoms with Gasteiger partial charge in [0.05, 0.1) is 0 Å². The highest BCUT2D eigenvalue weighted by Gasteiger charge is 2.02. The minimum Gasteiger partial charge on any atom is -0.314 e. The highest BCUT2D eigenvalue weighted by Crippen LogP contribution is 1.80. The number of rotatable bonds is 1. The maximum absolute atomic E-state index is 3.35. The van der Waals surface area contributed by atoms with Gasteiger partial charge in [0.1, 0.15) is 0 Å². The van der Waals surface area contributed by atoms with Gasteiger partial charge in [-0.15, -0.1) is 0 Å². The molecule has 1 aliphatic rings. The second-order valence-electron chi connectivity index (χ2n) is 2.71. The number of hydrogen-bond acceptors (Lipinski definition) is 4. The normalized spacial score (nSPS) is 23.7. The van der Waals surface area contributed by atoms with Crippen molar-refractivity contribution in [3.8, 4) is 0 Å². The first-order valence-electron chi connectivity index (χ1n) is 4.27. The van der Waals surface area contributed by atoms with E-state index in [-0.39, 0.29) is 0 Å². The first-order valence-corrected chi connectivity index (χ1v) is 4.27. The average Bonchev–Trinajstić information content (AvgIpc) is 2.16. The van der Waals surface area contributed by atoms with Crippen LogP contribution in [0.25, 0.3) is 0 Å². The summed E-state index contributed by atoms with van der Waals surface area (Å²) >= 11 is 0. The SMILES string of the molecule is CNN1CCNCCNCC1. The second-order valence-corrected chi connectivity index (χ2v) is 2.71. The third-order valence-corrected chi connectivity index (χ3v) is 1.91. The molecule has 1 rings (SSSR count). The Kier molecular flexibility index (Phi) is 4.45. The van der Waals surface area contributed by atoms with Crippen molar-refractivity contribution in [3.05, 3.63) is 0 Å². The van der Waals surface area contributed by atoms with Crippen LogP contribution in [0.4, 0.5) is 0 Å². The van der Waals surface area contributed by atoms with Crippen molar-refractivity contribution in [3.63, 3.8) is 0 Å². The van der Waals surface area contributed by atoms with Crippen LogP contribution in [0.15, 0.2) is 0 Å². The second kappa shape index (κ2) is 5.49. The molecule has 11 heavy (non-hydrogen) atoms. The van der Waals surface area contributed by atoms with Crippen LogP contribution in [0.5, 0.6) is 0 Å². The third kappa shape index (κ3) is 3.67. The molecule has 0 atom stereocenters. The number of hydrazine groups is 1. The van der Waals surface area contributed by atoms with E-state index in [1.165, 1.54) is 0 Å². The van der Waals surface area contributed by atoms with Crippen LogP contribution in [0.2, 0.25) is 0 Å². The van der Waals surface area contributed by atoms with Gasteiger partial charge in [0.25, 0.3) is 0 Å². The molecule has 4 heteroatoms. The zero-order valence-corrected chi connectivity index (χ0v) is 7.19. The lowest BCUT2D eigenvalue weighted by Gasteiger charge is -2.19. The maximum Gasteiger partial charge on any atom is 0.0256 e. The highest BCUT2D eigenvalue weighted by molar-refractivity contribution is 4.61. The zero-order chi connectivity index (χ0) is 7.94. The van der Waals surface area contributed by atoms with Crippen LogP contribution in [-0.4, -0.2) is 51.3 Å². The number of hydrogen-bond donors (Lipinski definition) is 3. The largest absolute Gasteiger partial charge is 0.314 e. The number of nitrogens with zero attached hydrogens (tertiary/aromatic N) is 1. The molecule has 0 aromatic rings. The zero-order valence-electron chi connectivity index (χ0n) is 7.19. The Labute approximate surface area is 68.3 Å². The predicted molar refractivity (Wildman–Crippen MR) is 46.4 cm³/mol. The Morgan fingerprint density at radius 1 is 1.00 bits per heavy atom. The molecule has 0 amide bonds. The summed E-state index contributed by atoms with van der Waals surface area (Å²) in [5.41, 5.74) is 3.15. The van der Waals surface area contributed by atoms with E-state index in [4.69, 9.17) is 0 Å². The summed E-state index contributed by atoms with van der Waals surface area (Å²) in [6.45, 7) is 6.47. The van der Waals surface area contributed by atoms with Gasteiger partial charge in [0.2, 0.25) is 0 Å². The van der Waals surface area contributed by atoms with Crippen molar-refractivity contribution in [1.82, 2.24) is 21.1 Å². The standard InChI is InChI=1S/C7H18N4/c1-8-11-6-4-9-2-3-10-5-7-11/h8-10H,2-7H2,1H3. The van der Waals surface area contributed by atoms with Gasteiger partial charge in [0.15, 0.2) is 0 Å². The van der Waals surface area contributed by atoms with Gasteiger partial charge in [-0.05, 0) is 7.05 Å². The van der Waals surface area contributed by atoms with Crippen molar-refractivity contribution in [2.45, 2.75) is 0 Å². The van der Waals surface area contributed by atoms with Gasteiger partial charge in [-0.2, -0.15) is 0 Å². The summed E-state index contributed by atoms with van der Waals surface area (Å²) in [7, 11) is 1.97. The molecule has 0 aromatic carbocycles. The van der Waals surface area contributed by atoms with E-state index in [9.17, 15) is 0 Å². The summed E-state index contributed by atoms with van der Waals surface area (Å²) in [4.78, 5) is 0. The van der Waals surface area contributed by atoms with Gasteiger partial charge >= 0.3 is 0 Å². The lowest BCUT2D eigenvalue weighted by molar-refractivity contribution is 0.214. The Bertz CT molecular complexity index is 86.4. The molecule has 0 spiro atoms. The van der Waals surface area contributed by atoms with Crippen LogP contribution < -0.4 is 16.1 Å². The molecule has 66 valence electrons. The molecular formula is C7H18N4. The quantitative estimate of drug-likeness (QED) is 0.440. The molecule has 1 heterocycles. The van der Waals surface area contributed by atoms with E-state index in [2.05, 4.69) is 21.1 Å². The average molecular weight is 158 g/mol. The number of nitrogens with one attached hydrogen (secondary N) is 3. The van der Waals surface area contributed by atoms with Gasteiger partial charge in [-0.1, -0.05) is 0 Å². The van der Waals surface area contributed by atoms with E-state index in [1.807, 2.05) is 7.05 Å². The van der Waals surface area contributed by atoms with Crippen molar-refractivity contribution < 1.29 is 0 Å². The summed E-state index contributed by atoms with van der Waals surface area (Å²) in [6, 6.07) is 0. The molecule has 0 bridgehead atoms. The monoisotopic (exact) mass is 158 g/mol. The van der Waals surface area contributed by atoms with Gasteiger partial charge in [0, 0.05) is 39.3 Å². The third-order valence-electron chi connectivity index (χ3n) is 1.91. The molecule has 0 aromatic heterocycles. The molecule has 0 unspecified atom stereocenters. The van der Waals surface area contributed by atoms with E-state index >= 15 is 0 Å². The van der Waals surface area contributed by atoms with Crippen molar-refractivity contribution >= 4 is 0 Å². The fourth-order valence-corrected chi connectivity index (χ4v) is 1.19. The van der Waals surface area contributed by atoms with Gasteiger partial charge in [-0.25, -0.2) is 5.01 Å². The minimum absolute atomic E-state index is 1.07. The molecule has 1 fully saturated rings. The maximum atomic E-state index is 3.35. The molecule has 1 aliphatic heterocycles. The summed E-state index contributed by atoms with van der Waals surface area (Å²) in [5.74, 6) is 0. The van der Waals surface area contributed by atoms with E-state index in [0.29, 0.717) is 0 Å². The summed E-state index contributed by atoms with van der Waals surface area (Å²) < 4.78 is 0. The molecule has 0 saturated carbocycles. The minimum atomic E-state index is 1.07. The van der Waals surface area contributed by atoms with Crippen molar-refractivity contribution in [2.24, 2.45) is 0 Å². The van der Waals surface area contributed by atoms with Crippen molar-refractivity contribution in [2.75, 3.05) is 46.3 Å². The Balaban J connectivity index is 2.19. The summed E-state index contributed by atoms with van der Waals surface area (Å²) in [5, 5.41) is 8.91. The topological polar surface area (TPSA) is 39.3 Å². The lowest BCUT2D eigenvalue weighted by Crippen LogP contribution is -2.41. The Morgan fingerprint density at radius 2 is 1.55 bits per heavy atom.